The smallest absolute Gasteiger partial charge is 0.251 e. The van der Waals surface area contributed by atoms with Crippen LogP contribution in [0.1, 0.15) is 29.8 Å². The van der Waals surface area contributed by atoms with Crippen molar-refractivity contribution in [2.45, 2.75) is 20.3 Å². The van der Waals surface area contributed by atoms with E-state index in [1.807, 2.05) is 37.3 Å². The molecule has 5 nitrogen and oxygen atoms in total. The summed E-state index contributed by atoms with van der Waals surface area (Å²) in [4.78, 5) is 23.3. The highest BCUT2D eigenvalue weighted by molar-refractivity contribution is 5.95. The molecule has 2 aromatic carbocycles. The monoisotopic (exact) mass is 340 g/mol. The number of hydrogen-bond donors (Lipinski definition) is 3. The maximum absolute atomic E-state index is 12.3. The summed E-state index contributed by atoms with van der Waals surface area (Å²) in [5.41, 5.74) is 1.84. The Balaban J connectivity index is 1.96. The number of aliphatic hydroxyl groups is 1. The van der Waals surface area contributed by atoms with E-state index >= 15 is 0 Å². The van der Waals surface area contributed by atoms with E-state index in [2.05, 4.69) is 10.6 Å². The number of rotatable bonds is 7. The van der Waals surface area contributed by atoms with Gasteiger partial charge in [0.1, 0.15) is 0 Å². The van der Waals surface area contributed by atoms with Gasteiger partial charge in [-0.25, -0.2) is 0 Å². The molecule has 2 amide bonds. The van der Waals surface area contributed by atoms with Crippen LogP contribution in [0.4, 0.5) is 5.69 Å². The third kappa shape index (κ3) is 5.72. The van der Waals surface area contributed by atoms with Crippen LogP contribution < -0.4 is 10.6 Å². The fourth-order valence-corrected chi connectivity index (χ4v) is 2.57. The Morgan fingerprint density at radius 3 is 2.24 bits per heavy atom. The van der Waals surface area contributed by atoms with Crippen molar-refractivity contribution in [3.8, 4) is 0 Å². The van der Waals surface area contributed by atoms with Gasteiger partial charge >= 0.3 is 0 Å². The molecule has 132 valence electrons. The van der Waals surface area contributed by atoms with E-state index in [0.29, 0.717) is 24.2 Å². The number of amides is 2. The zero-order valence-electron chi connectivity index (χ0n) is 14.6. The summed E-state index contributed by atoms with van der Waals surface area (Å²) in [5.74, 6) is -0.362. The predicted octanol–water partition coefficient (Wildman–Crippen LogP) is 2.62. The lowest BCUT2D eigenvalue weighted by molar-refractivity contribution is -0.114. The largest absolute Gasteiger partial charge is 0.396 e. The van der Waals surface area contributed by atoms with Gasteiger partial charge in [0.15, 0.2) is 0 Å². The molecule has 0 aliphatic heterocycles. The van der Waals surface area contributed by atoms with Gasteiger partial charge in [0, 0.05) is 30.1 Å². The summed E-state index contributed by atoms with van der Waals surface area (Å²) in [6.07, 6.45) is 0.673. The van der Waals surface area contributed by atoms with Crippen LogP contribution in [-0.2, 0) is 11.2 Å². The molecule has 0 aliphatic rings. The van der Waals surface area contributed by atoms with Crippen LogP contribution in [0.25, 0.3) is 0 Å². The number of anilines is 1. The number of carbonyl (C=O) groups excluding carboxylic acids is 2. The second-order valence-corrected chi connectivity index (χ2v) is 6.57. The molecule has 0 saturated carbocycles. The molecule has 3 N–H and O–H groups in total. The summed E-state index contributed by atoms with van der Waals surface area (Å²) in [6.45, 7) is 3.72. The minimum atomic E-state index is -0.437. The fraction of sp³-hybridized carbons (Fsp3) is 0.300. The molecule has 0 radical (unpaired) electrons. The lowest BCUT2D eigenvalue weighted by atomic mass is 9.84. The normalized spacial score (nSPS) is 12.9. The molecule has 1 atom stereocenters. The van der Waals surface area contributed by atoms with Crippen LogP contribution in [0, 0.1) is 5.41 Å². The SMILES string of the molecule is CC(=O)Nc1ccc(C(=O)NC[C@](C)(CO)Cc2ccccc2)cc1. The first-order valence-electron chi connectivity index (χ1n) is 8.22. The third-order valence-electron chi connectivity index (χ3n) is 4.00. The summed E-state index contributed by atoms with van der Waals surface area (Å²) >= 11 is 0. The number of carbonyl (C=O) groups is 2. The van der Waals surface area contributed by atoms with Crippen molar-refractivity contribution in [2.75, 3.05) is 18.5 Å². The van der Waals surface area contributed by atoms with Crippen molar-refractivity contribution in [2.24, 2.45) is 5.41 Å². The molecule has 25 heavy (non-hydrogen) atoms. The Kier molecular flexibility index (Phi) is 6.31. The molecule has 0 aliphatic carbocycles. The van der Waals surface area contributed by atoms with Crippen LogP contribution in [0.15, 0.2) is 54.6 Å². The molecule has 5 heteroatoms. The van der Waals surface area contributed by atoms with Gasteiger partial charge in [0.05, 0.1) is 6.61 Å². The lowest BCUT2D eigenvalue weighted by Crippen LogP contribution is -2.39. The molecular weight excluding hydrogens is 316 g/mol. The molecule has 2 rings (SSSR count). The Labute approximate surface area is 148 Å². The molecule has 0 spiro atoms. The number of hydrogen-bond acceptors (Lipinski definition) is 3. The highest BCUT2D eigenvalue weighted by atomic mass is 16.3. The van der Waals surface area contributed by atoms with Gasteiger partial charge < -0.3 is 15.7 Å². The third-order valence-corrected chi connectivity index (χ3v) is 4.00. The van der Waals surface area contributed by atoms with Crippen molar-refractivity contribution in [1.82, 2.24) is 5.32 Å². The van der Waals surface area contributed by atoms with E-state index < -0.39 is 5.41 Å². The Morgan fingerprint density at radius 1 is 1.04 bits per heavy atom. The molecule has 0 aromatic heterocycles. The quantitative estimate of drug-likeness (QED) is 0.725. The van der Waals surface area contributed by atoms with Gasteiger partial charge in [-0.05, 0) is 36.2 Å². The molecule has 0 fully saturated rings. The van der Waals surface area contributed by atoms with Gasteiger partial charge in [-0.3, -0.25) is 9.59 Å². The zero-order valence-corrected chi connectivity index (χ0v) is 14.6. The minimum absolute atomic E-state index is 0.0242. The highest BCUT2D eigenvalue weighted by Gasteiger charge is 2.25. The van der Waals surface area contributed by atoms with E-state index in [0.717, 1.165) is 5.56 Å². The molecular formula is C20H24N2O3. The summed E-state index contributed by atoms with van der Waals surface area (Å²) in [7, 11) is 0. The molecule has 0 unspecified atom stereocenters. The van der Waals surface area contributed by atoms with Crippen molar-refractivity contribution >= 4 is 17.5 Å². The van der Waals surface area contributed by atoms with Crippen molar-refractivity contribution in [1.29, 1.82) is 0 Å². The van der Waals surface area contributed by atoms with E-state index in [9.17, 15) is 14.7 Å². The maximum atomic E-state index is 12.3. The van der Waals surface area contributed by atoms with Crippen molar-refractivity contribution in [3.63, 3.8) is 0 Å². The number of benzene rings is 2. The van der Waals surface area contributed by atoms with Crippen LogP contribution in [0.5, 0.6) is 0 Å². The van der Waals surface area contributed by atoms with E-state index in [-0.39, 0.29) is 18.4 Å². The van der Waals surface area contributed by atoms with Gasteiger partial charge in [0.25, 0.3) is 5.91 Å². The standard InChI is InChI=1S/C20H24N2O3/c1-15(24)22-18-10-8-17(9-11-18)19(25)21-13-20(2,14-23)12-16-6-4-3-5-7-16/h3-11,23H,12-14H2,1-2H3,(H,21,25)(H,22,24)/t20-/m1/s1. The Morgan fingerprint density at radius 2 is 1.68 bits per heavy atom. The number of nitrogens with one attached hydrogen (secondary N) is 2. The minimum Gasteiger partial charge on any atom is -0.396 e. The molecule has 0 saturated heterocycles. The fourth-order valence-electron chi connectivity index (χ4n) is 2.57. The van der Waals surface area contributed by atoms with Crippen molar-refractivity contribution in [3.05, 3.63) is 65.7 Å². The summed E-state index contributed by atoms with van der Waals surface area (Å²) in [5, 5.41) is 15.3. The van der Waals surface area contributed by atoms with Crippen LogP contribution in [0.2, 0.25) is 0 Å². The van der Waals surface area contributed by atoms with Gasteiger partial charge in [-0.15, -0.1) is 0 Å². The second-order valence-electron chi connectivity index (χ2n) is 6.57. The van der Waals surface area contributed by atoms with Crippen LogP contribution in [0.3, 0.4) is 0 Å². The van der Waals surface area contributed by atoms with E-state index in [4.69, 9.17) is 0 Å². The topological polar surface area (TPSA) is 78.4 Å². The second kappa shape index (κ2) is 8.44. The zero-order chi connectivity index (χ0) is 18.3. The molecule has 0 bridgehead atoms. The predicted molar refractivity (Wildman–Crippen MR) is 98.4 cm³/mol. The van der Waals surface area contributed by atoms with Gasteiger partial charge in [-0.2, -0.15) is 0 Å². The lowest BCUT2D eigenvalue weighted by Gasteiger charge is -2.27. The van der Waals surface area contributed by atoms with Gasteiger partial charge in [0.2, 0.25) is 5.91 Å². The average molecular weight is 340 g/mol. The maximum Gasteiger partial charge on any atom is 0.251 e. The summed E-state index contributed by atoms with van der Waals surface area (Å²) < 4.78 is 0. The summed E-state index contributed by atoms with van der Waals surface area (Å²) in [6, 6.07) is 16.6. The van der Waals surface area contributed by atoms with Crippen LogP contribution in [-0.4, -0.2) is 30.1 Å². The Bertz CT molecular complexity index is 713. The highest BCUT2D eigenvalue weighted by Crippen LogP contribution is 2.21. The first kappa shape index (κ1) is 18.7. The first-order valence-corrected chi connectivity index (χ1v) is 8.22. The number of aliphatic hydroxyl groups excluding tert-OH is 1. The van der Waals surface area contributed by atoms with Crippen molar-refractivity contribution < 1.29 is 14.7 Å². The average Bonchev–Trinajstić information content (AvgIpc) is 2.61. The van der Waals surface area contributed by atoms with E-state index in [1.54, 1.807) is 24.3 Å². The first-order chi connectivity index (χ1) is 11.9. The van der Waals surface area contributed by atoms with Crippen LogP contribution >= 0.6 is 0 Å². The molecule has 0 heterocycles. The molecule has 2 aromatic rings. The van der Waals surface area contributed by atoms with Gasteiger partial charge in [-0.1, -0.05) is 37.3 Å². The Hall–Kier alpha value is -2.66. The van der Waals surface area contributed by atoms with E-state index in [1.165, 1.54) is 6.92 Å².